The molecule has 0 aliphatic heterocycles. The van der Waals surface area contributed by atoms with Crippen LogP contribution in [-0.4, -0.2) is 20.9 Å². The van der Waals surface area contributed by atoms with Gasteiger partial charge >= 0.3 is 12.1 Å². The fourth-order valence-electron chi connectivity index (χ4n) is 1.01. The highest BCUT2D eigenvalue weighted by Gasteiger charge is 2.42. The largest absolute Gasteiger partial charge is 0.478 e. The van der Waals surface area contributed by atoms with Crippen LogP contribution in [-0.2, 0) is 0 Å². The molecule has 0 aromatic heterocycles. The van der Waals surface area contributed by atoms with Crippen molar-refractivity contribution in [2.45, 2.75) is 9.85 Å². The maximum Gasteiger partial charge on any atom is 0.420 e. The van der Waals surface area contributed by atoms with Crippen molar-refractivity contribution in [3.05, 3.63) is 29.1 Å². The smallest absolute Gasteiger partial charge is 0.420 e. The zero-order valence-electron chi connectivity index (χ0n) is 8.56. The van der Waals surface area contributed by atoms with Gasteiger partial charge in [-0.25, -0.2) is 13.6 Å². The topological polar surface area (TPSA) is 46.5 Å². The van der Waals surface area contributed by atoms with Crippen LogP contribution in [0.1, 0.15) is 10.4 Å². The molecule has 0 spiro atoms. The molecule has 0 atom stereocenters. The molecule has 1 N–H and O–H groups in total. The van der Waals surface area contributed by atoms with Crippen LogP contribution in [0.15, 0.2) is 6.07 Å². The summed E-state index contributed by atoms with van der Waals surface area (Å²) in [5.41, 5.74) is -1.33. The van der Waals surface area contributed by atoms with Crippen LogP contribution >= 0.6 is 31.9 Å². The van der Waals surface area contributed by atoms with E-state index >= 15 is 0 Å². The summed E-state index contributed by atoms with van der Waals surface area (Å²) in [5.74, 6) is -9.59. The number of rotatable bonds is 4. The molecule has 1 aromatic carbocycles. The number of hydrogen-bond donors (Lipinski definition) is 1. The molecule has 106 valence electrons. The fraction of sp³-hybridized carbons (Fsp3) is 0.222. The first-order valence-corrected chi connectivity index (χ1v) is 6.16. The van der Waals surface area contributed by atoms with Gasteiger partial charge in [0.25, 0.3) is 0 Å². The lowest BCUT2D eigenvalue weighted by Crippen LogP contribution is -2.32. The van der Waals surface area contributed by atoms with Gasteiger partial charge in [-0.2, -0.15) is 13.2 Å². The molecule has 0 fully saturated rings. The second-order valence-electron chi connectivity index (χ2n) is 3.13. The first-order valence-electron chi connectivity index (χ1n) is 4.33. The molecular formula is C9H3Br2F5O3. The summed E-state index contributed by atoms with van der Waals surface area (Å²) >= 11 is 4.71. The molecule has 0 bridgehead atoms. The number of carboxylic acids is 1. The molecule has 0 aliphatic carbocycles. The Labute approximate surface area is 119 Å². The summed E-state index contributed by atoms with van der Waals surface area (Å²) in [5, 5.41) is 8.52. The molecule has 0 saturated carbocycles. The van der Waals surface area contributed by atoms with E-state index in [1.807, 2.05) is 0 Å². The predicted molar refractivity (Wildman–Crippen MR) is 60.5 cm³/mol. The number of ether oxygens (including phenoxy) is 1. The Balaban J connectivity index is 3.39. The Morgan fingerprint density at radius 3 is 2.21 bits per heavy atom. The Bertz CT molecular complexity index is 521. The Morgan fingerprint density at radius 1 is 1.26 bits per heavy atom. The van der Waals surface area contributed by atoms with E-state index in [4.69, 9.17) is 5.11 Å². The third-order valence-corrected chi connectivity index (χ3v) is 2.90. The third kappa shape index (κ3) is 3.35. The van der Waals surface area contributed by atoms with E-state index in [1.165, 1.54) is 0 Å². The molecule has 0 unspecified atom stereocenters. The predicted octanol–water partition coefficient (Wildman–Crippen LogP) is 3.89. The number of halogens is 7. The van der Waals surface area contributed by atoms with Gasteiger partial charge in [-0.05, 0) is 6.07 Å². The van der Waals surface area contributed by atoms with E-state index in [0.29, 0.717) is 0 Å². The van der Waals surface area contributed by atoms with Crippen LogP contribution in [0.2, 0.25) is 0 Å². The maximum absolute atomic E-state index is 13.5. The van der Waals surface area contributed by atoms with Crippen LogP contribution in [0.25, 0.3) is 0 Å². The summed E-state index contributed by atoms with van der Waals surface area (Å²) < 4.78 is 67.8. The van der Waals surface area contributed by atoms with Crippen molar-refractivity contribution in [1.82, 2.24) is 0 Å². The highest BCUT2D eigenvalue weighted by molar-refractivity contribution is 9.24. The van der Waals surface area contributed by atoms with Crippen molar-refractivity contribution in [2.75, 3.05) is 0 Å². The minimum atomic E-state index is -4.15. The van der Waals surface area contributed by atoms with E-state index in [2.05, 4.69) is 36.6 Å². The average molecular weight is 414 g/mol. The van der Waals surface area contributed by atoms with E-state index in [-0.39, 0.29) is 6.07 Å². The number of aromatic carboxylic acids is 1. The van der Waals surface area contributed by atoms with Gasteiger partial charge in [0.05, 0.1) is 0 Å². The normalized spacial score (nSPS) is 11.8. The molecule has 19 heavy (non-hydrogen) atoms. The Hall–Kier alpha value is -0.900. The van der Waals surface area contributed by atoms with Gasteiger partial charge in [0.1, 0.15) is 5.56 Å². The summed E-state index contributed by atoms with van der Waals surface area (Å²) in [4.78, 5) is 10.5. The molecule has 1 aromatic rings. The van der Waals surface area contributed by atoms with Gasteiger partial charge in [-0.3, -0.25) is 0 Å². The highest BCUT2D eigenvalue weighted by Crippen LogP contribution is 2.36. The molecule has 10 heteroatoms. The third-order valence-electron chi connectivity index (χ3n) is 1.84. The van der Waals surface area contributed by atoms with Gasteiger partial charge < -0.3 is 9.84 Å². The number of hydrogen-bond acceptors (Lipinski definition) is 2. The first kappa shape index (κ1) is 16.2. The van der Waals surface area contributed by atoms with Crippen molar-refractivity contribution in [1.29, 1.82) is 0 Å². The zero-order chi connectivity index (χ0) is 15.0. The maximum atomic E-state index is 13.5. The van der Waals surface area contributed by atoms with Gasteiger partial charge in [0.2, 0.25) is 11.6 Å². The molecule has 0 aliphatic rings. The standard InChI is InChI=1S/C9H3Br2F5O3/c10-8(11)9(15,16)19-6-4(13)2(7(17)18)1-3(12)5(6)14/h1,8H,(H,17,18). The fourth-order valence-corrected chi connectivity index (χ4v) is 1.19. The lowest BCUT2D eigenvalue weighted by Gasteiger charge is -2.20. The number of benzene rings is 1. The quantitative estimate of drug-likeness (QED) is 0.462. The zero-order valence-corrected chi connectivity index (χ0v) is 11.7. The van der Waals surface area contributed by atoms with Gasteiger partial charge in [-0.1, -0.05) is 31.9 Å². The molecule has 0 saturated heterocycles. The summed E-state index contributed by atoms with van der Waals surface area (Å²) in [7, 11) is 0. The highest BCUT2D eigenvalue weighted by atomic mass is 79.9. The second kappa shape index (κ2) is 5.61. The monoisotopic (exact) mass is 412 g/mol. The van der Waals surface area contributed by atoms with Crippen molar-refractivity contribution in [3.8, 4) is 5.75 Å². The summed E-state index contributed by atoms with van der Waals surface area (Å²) in [6.45, 7) is 0. The van der Waals surface area contributed by atoms with Gasteiger partial charge in [-0.15, -0.1) is 0 Å². The molecule has 0 radical (unpaired) electrons. The molecule has 0 heterocycles. The Morgan fingerprint density at radius 2 is 1.79 bits per heavy atom. The second-order valence-corrected chi connectivity index (χ2v) is 6.19. The summed E-state index contributed by atoms with van der Waals surface area (Å²) in [6, 6.07) is 0.0255. The van der Waals surface area contributed by atoms with E-state index in [9.17, 15) is 26.7 Å². The Kier molecular flexibility index (Phi) is 4.77. The van der Waals surface area contributed by atoms with Crippen LogP contribution in [0.4, 0.5) is 22.0 Å². The van der Waals surface area contributed by atoms with Crippen LogP contribution in [0.5, 0.6) is 5.75 Å². The number of alkyl halides is 4. The lowest BCUT2D eigenvalue weighted by atomic mass is 10.2. The van der Waals surface area contributed by atoms with Crippen molar-refractivity contribution < 1.29 is 36.6 Å². The van der Waals surface area contributed by atoms with Crippen molar-refractivity contribution >= 4 is 37.8 Å². The van der Waals surface area contributed by atoms with Crippen molar-refractivity contribution in [3.63, 3.8) is 0 Å². The average Bonchev–Trinajstić information content (AvgIpc) is 2.28. The van der Waals surface area contributed by atoms with E-state index < -0.39 is 44.6 Å². The van der Waals surface area contributed by atoms with Crippen LogP contribution in [0, 0.1) is 17.5 Å². The molecule has 3 nitrogen and oxygen atoms in total. The molecule has 1 rings (SSSR count). The number of carboxylic acid groups (broad SMARTS) is 1. The van der Waals surface area contributed by atoms with E-state index in [1.54, 1.807) is 0 Å². The minimum absolute atomic E-state index is 0.0255. The van der Waals surface area contributed by atoms with Crippen molar-refractivity contribution in [2.24, 2.45) is 0 Å². The minimum Gasteiger partial charge on any atom is -0.478 e. The van der Waals surface area contributed by atoms with Gasteiger partial charge in [0.15, 0.2) is 15.4 Å². The van der Waals surface area contributed by atoms with E-state index in [0.717, 1.165) is 0 Å². The molecular weight excluding hydrogens is 411 g/mol. The SMILES string of the molecule is O=C(O)c1cc(F)c(F)c(OC(F)(F)C(Br)Br)c1F. The van der Waals surface area contributed by atoms with Crippen LogP contribution in [0.3, 0.4) is 0 Å². The number of carbonyl (C=O) groups is 1. The lowest BCUT2D eigenvalue weighted by molar-refractivity contribution is -0.162. The van der Waals surface area contributed by atoms with Crippen LogP contribution < -0.4 is 4.74 Å². The summed E-state index contributed by atoms with van der Waals surface area (Å²) in [6.07, 6.45) is -4.15. The van der Waals surface area contributed by atoms with Gasteiger partial charge in [0, 0.05) is 0 Å². The molecule has 0 amide bonds. The first-order chi connectivity index (χ1) is 8.58.